The Labute approximate surface area is 96.8 Å². The van der Waals surface area contributed by atoms with E-state index in [4.69, 9.17) is 11.6 Å². The molecular formula is C11H12F2N4. The Kier molecular flexibility index (Phi) is 2.71. The second-order valence-corrected chi connectivity index (χ2v) is 3.61. The van der Waals surface area contributed by atoms with E-state index in [2.05, 4.69) is 4.98 Å². The lowest BCUT2D eigenvalue weighted by Crippen LogP contribution is -2.14. The van der Waals surface area contributed by atoms with Crippen molar-refractivity contribution in [3.8, 4) is 11.3 Å². The summed E-state index contributed by atoms with van der Waals surface area (Å²) < 4.78 is 27.2. The molecule has 17 heavy (non-hydrogen) atoms. The topological polar surface area (TPSA) is 69.9 Å². The van der Waals surface area contributed by atoms with Gasteiger partial charge >= 0.3 is 0 Å². The number of halogens is 2. The fourth-order valence-corrected chi connectivity index (χ4v) is 1.60. The molecule has 0 atom stereocenters. The first-order chi connectivity index (χ1) is 8.04. The first-order valence-corrected chi connectivity index (χ1v) is 5.12. The average molecular weight is 238 g/mol. The molecule has 0 aliphatic rings. The van der Waals surface area contributed by atoms with Gasteiger partial charge in [-0.15, -0.1) is 0 Å². The van der Waals surface area contributed by atoms with Crippen LogP contribution < -0.4 is 11.6 Å². The minimum atomic E-state index is -0.938. The normalized spacial score (nSPS) is 10.8. The Morgan fingerprint density at radius 2 is 2.00 bits per heavy atom. The Balaban J connectivity index is 2.56. The molecular weight excluding hydrogens is 226 g/mol. The molecule has 90 valence electrons. The van der Waals surface area contributed by atoms with Crippen molar-refractivity contribution in [1.29, 1.82) is 0 Å². The van der Waals surface area contributed by atoms with Crippen molar-refractivity contribution < 1.29 is 8.78 Å². The second kappa shape index (κ2) is 4.04. The molecule has 0 amide bonds. The van der Waals surface area contributed by atoms with Gasteiger partial charge in [0.2, 0.25) is 0 Å². The van der Waals surface area contributed by atoms with E-state index in [1.165, 1.54) is 10.7 Å². The first kappa shape index (κ1) is 11.4. The smallest absolute Gasteiger partial charge is 0.159 e. The summed E-state index contributed by atoms with van der Waals surface area (Å²) in [5.74, 6) is 4.65. The monoisotopic (exact) mass is 238 g/mol. The van der Waals surface area contributed by atoms with E-state index in [1.54, 1.807) is 0 Å². The molecule has 1 aromatic heterocycles. The lowest BCUT2D eigenvalue weighted by atomic mass is 10.1. The van der Waals surface area contributed by atoms with Crippen molar-refractivity contribution in [2.24, 2.45) is 0 Å². The molecule has 2 rings (SSSR count). The maximum absolute atomic E-state index is 13.1. The number of hydrogen-bond acceptors (Lipinski definition) is 3. The summed E-state index contributed by atoms with van der Waals surface area (Å²) in [6.45, 7) is 1.88. The number of nitrogen functional groups attached to an aromatic ring is 2. The zero-order valence-corrected chi connectivity index (χ0v) is 9.24. The molecule has 0 unspecified atom stereocenters. The zero-order chi connectivity index (χ0) is 12.6. The minimum absolute atomic E-state index is 0.229. The van der Waals surface area contributed by atoms with Crippen LogP contribution in [0.2, 0.25) is 0 Å². The van der Waals surface area contributed by atoms with Crippen LogP contribution >= 0.6 is 0 Å². The van der Waals surface area contributed by atoms with Crippen LogP contribution in [0.25, 0.3) is 11.3 Å². The van der Waals surface area contributed by atoms with Gasteiger partial charge in [-0.2, -0.15) is 0 Å². The highest BCUT2D eigenvalue weighted by atomic mass is 19.2. The summed E-state index contributed by atoms with van der Waals surface area (Å²) in [5, 5.41) is 0. The van der Waals surface area contributed by atoms with Crippen molar-refractivity contribution in [2.45, 2.75) is 13.3 Å². The number of aryl methyl sites for hydroxylation is 1. The van der Waals surface area contributed by atoms with E-state index in [9.17, 15) is 8.78 Å². The lowest BCUT2D eigenvalue weighted by molar-refractivity contribution is 0.509. The van der Waals surface area contributed by atoms with Gasteiger partial charge in [0.1, 0.15) is 11.5 Å². The summed E-state index contributed by atoms with van der Waals surface area (Å²) in [4.78, 5) is 4.19. The molecule has 0 spiro atoms. The third kappa shape index (κ3) is 1.82. The largest absolute Gasteiger partial charge is 0.382 e. The maximum Gasteiger partial charge on any atom is 0.159 e. The van der Waals surface area contributed by atoms with Gasteiger partial charge in [-0.1, -0.05) is 6.92 Å². The molecule has 0 radical (unpaired) electrons. The van der Waals surface area contributed by atoms with E-state index in [0.29, 0.717) is 23.5 Å². The van der Waals surface area contributed by atoms with Gasteiger partial charge in [0.05, 0.1) is 0 Å². The van der Waals surface area contributed by atoms with Crippen LogP contribution in [0, 0.1) is 11.6 Å². The first-order valence-electron chi connectivity index (χ1n) is 5.12. The van der Waals surface area contributed by atoms with Crippen LogP contribution in [-0.2, 0) is 6.42 Å². The Bertz CT molecular complexity index is 563. The highest BCUT2D eigenvalue weighted by Crippen LogP contribution is 2.26. The number of nitrogens with two attached hydrogens (primary N) is 2. The highest BCUT2D eigenvalue weighted by Gasteiger charge is 2.14. The van der Waals surface area contributed by atoms with Gasteiger partial charge in [-0.25, -0.2) is 18.4 Å². The Morgan fingerprint density at radius 3 is 2.53 bits per heavy atom. The van der Waals surface area contributed by atoms with Crippen molar-refractivity contribution in [2.75, 3.05) is 11.6 Å². The number of benzene rings is 1. The number of aromatic nitrogens is 2. The SMILES string of the molecule is CCc1nc(-c2ccc(F)c(F)c2)c(N)n1N. The highest BCUT2D eigenvalue weighted by molar-refractivity contribution is 5.71. The van der Waals surface area contributed by atoms with Crippen LogP contribution in [0.4, 0.5) is 14.6 Å². The molecule has 0 saturated carbocycles. The van der Waals surface area contributed by atoms with Gasteiger partial charge in [-0.05, 0) is 18.2 Å². The molecule has 0 bridgehead atoms. The minimum Gasteiger partial charge on any atom is -0.382 e. The van der Waals surface area contributed by atoms with Crippen LogP contribution in [0.3, 0.4) is 0 Å². The predicted octanol–water partition coefficient (Wildman–Crippen LogP) is 1.69. The fourth-order valence-electron chi connectivity index (χ4n) is 1.60. The third-order valence-corrected chi connectivity index (χ3v) is 2.53. The Morgan fingerprint density at radius 1 is 1.29 bits per heavy atom. The molecule has 1 heterocycles. The molecule has 1 aromatic carbocycles. The number of imidazole rings is 1. The molecule has 4 N–H and O–H groups in total. The summed E-state index contributed by atoms with van der Waals surface area (Å²) >= 11 is 0. The van der Waals surface area contributed by atoms with Gasteiger partial charge in [0.25, 0.3) is 0 Å². The molecule has 0 saturated heterocycles. The fraction of sp³-hybridized carbons (Fsp3) is 0.182. The van der Waals surface area contributed by atoms with Crippen LogP contribution in [0.1, 0.15) is 12.7 Å². The van der Waals surface area contributed by atoms with E-state index < -0.39 is 11.6 Å². The average Bonchev–Trinajstić information content (AvgIpc) is 2.60. The number of hydrogen-bond donors (Lipinski definition) is 2. The van der Waals surface area contributed by atoms with Crippen LogP contribution in [0.5, 0.6) is 0 Å². The summed E-state index contributed by atoms with van der Waals surface area (Å²) in [5.41, 5.74) is 6.53. The molecule has 0 aliphatic carbocycles. The van der Waals surface area contributed by atoms with Gasteiger partial charge in [0, 0.05) is 12.0 Å². The number of rotatable bonds is 2. The Hall–Kier alpha value is -2.11. The van der Waals surface area contributed by atoms with Crippen molar-refractivity contribution >= 4 is 5.82 Å². The zero-order valence-electron chi connectivity index (χ0n) is 9.24. The maximum atomic E-state index is 13.1. The van der Waals surface area contributed by atoms with Crippen LogP contribution in [0.15, 0.2) is 18.2 Å². The number of nitrogens with zero attached hydrogens (tertiary/aromatic N) is 2. The van der Waals surface area contributed by atoms with Crippen LogP contribution in [-0.4, -0.2) is 9.66 Å². The van der Waals surface area contributed by atoms with Gasteiger partial charge in [0.15, 0.2) is 17.5 Å². The summed E-state index contributed by atoms with van der Waals surface area (Å²) in [6.07, 6.45) is 0.602. The van der Waals surface area contributed by atoms with Gasteiger partial charge < -0.3 is 11.6 Å². The lowest BCUT2D eigenvalue weighted by Gasteiger charge is -2.01. The van der Waals surface area contributed by atoms with E-state index in [1.807, 2.05) is 6.92 Å². The van der Waals surface area contributed by atoms with Gasteiger partial charge in [-0.3, -0.25) is 0 Å². The van der Waals surface area contributed by atoms with E-state index in [-0.39, 0.29) is 5.82 Å². The molecule has 2 aromatic rings. The van der Waals surface area contributed by atoms with Crippen molar-refractivity contribution in [3.05, 3.63) is 35.7 Å². The predicted molar refractivity (Wildman–Crippen MR) is 61.5 cm³/mol. The molecule has 0 aliphatic heterocycles. The van der Waals surface area contributed by atoms with Crippen molar-refractivity contribution in [1.82, 2.24) is 9.66 Å². The molecule has 0 fully saturated rings. The summed E-state index contributed by atoms with van der Waals surface area (Å²) in [6, 6.07) is 3.50. The standard InChI is InChI=1S/C11H12F2N4/c1-2-9-16-10(11(14)17(9)15)6-3-4-7(12)8(13)5-6/h3-5H,2,14-15H2,1H3. The quantitative estimate of drug-likeness (QED) is 0.782. The van der Waals surface area contributed by atoms with Crippen molar-refractivity contribution in [3.63, 3.8) is 0 Å². The third-order valence-electron chi connectivity index (χ3n) is 2.53. The molecule has 4 nitrogen and oxygen atoms in total. The van der Waals surface area contributed by atoms with E-state index in [0.717, 1.165) is 12.1 Å². The summed E-state index contributed by atoms with van der Waals surface area (Å²) in [7, 11) is 0. The van der Waals surface area contributed by atoms with E-state index >= 15 is 0 Å². The second-order valence-electron chi connectivity index (χ2n) is 3.61. The molecule has 6 heteroatoms. The number of anilines is 1.